The second kappa shape index (κ2) is 6.35. The maximum Gasteiger partial charge on any atom is 0.341 e. The van der Waals surface area contributed by atoms with Gasteiger partial charge in [-0.05, 0) is 24.1 Å². The third-order valence-electron chi connectivity index (χ3n) is 4.19. The zero-order valence-electron chi connectivity index (χ0n) is 14.0. The molecule has 2 N–H and O–H groups in total. The molecule has 1 aliphatic heterocycles. The summed E-state index contributed by atoms with van der Waals surface area (Å²) in [5, 5.41) is 9.30. The molecule has 2 heterocycles. The van der Waals surface area contributed by atoms with Crippen LogP contribution in [0.3, 0.4) is 0 Å². The van der Waals surface area contributed by atoms with E-state index in [1.807, 2.05) is 6.07 Å². The molecule has 0 aliphatic carbocycles. The molecular formula is C18H18N2O5. The number of aromatic carboxylic acids is 1. The van der Waals surface area contributed by atoms with Gasteiger partial charge in [0.15, 0.2) is 16.9 Å². The molecule has 3 rings (SSSR count). The van der Waals surface area contributed by atoms with Crippen molar-refractivity contribution in [3.63, 3.8) is 0 Å². The van der Waals surface area contributed by atoms with Crippen LogP contribution in [0.2, 0.25) is 0 Å². The van der Waals surface area contributed by atoms with Crippen LogP contribution in [0.1, 0.15) is 21.5 Å². The van der Waals surface area contributed by atoms with Crippen LogP contribution in [0.4, 0.5) is 0 Å². The average Bonchev–Trinajstić information content (AvgIpc) is 2.61. The van der Waals surface area contributed by atoms with Gasteiger partial charge in [0.2, 0.25) is 0 Å². The molecule has 2 aromatic rings. The van der Waals surface area contributed by atoms with Crippen molar-refractivity contribution in [2.45, 2.75) is 13.0 Å². The molecule has 1 aromatic heterocycles. The normalized spacial score (nSPS) is 11.8. The SMILES string of the molecule is C=CCc1c2n(cc(C(=O)O)c1=O)NCc1cc(OC)c(OC)cc1-2. The fourth-order valence-electron chi connectivity index (χ4n) is 3.03. The molecule has 0 fully saturated rings. The highest BCUT2D eigenvalue weighted by Gasteiger charge is 2.25. The third-order valence-corrected chi connectivity index (χ3v) is 4.19. The van der Waals surface area contributed by atoms with Crippen molar-refractivity contribution in [1.82, 2.24) is 4.68 Å². The minimum atomic E-state index is -1.26. The highest BCUT2D eigenvalue weighted by Crippen LogP contribution is 2.38. The highest BCUT2D eigenvalue weighted by atomic mass is 16.5. The molecule has 0 spiro atoms. The summed E-state index contributed by atoms with van der Waals surface area (Å²) in [4.78, 5) is 24.0. The quantitative estimate of drug-likeness (QED) is 0.808. The third kappa shape index (κ3) is 2.63. The van der Waals surface area contributed by atoms with Crippen molar-refractivity contribution in [3.8, 4) is 22.8 Å². The van der Waals surface area contributed by atoms with E-state index < -0.39 is 11.4 Å². The van der Waals surface area contributed by atoms with Crippen molar-refractivity contribution in [1.29, 1.82) is 0 Å². The van der Waals surface area contributed by atoms with Gasteiger partial charge < -0.3 is 20.0 Å². The summed E-state index contributed by atoms with van der Waals surface area (Å²) in [6.07, 6.45) is 3.15. The van der Waals surface area contributed by atoms with E-state index in [4.69, 9.17) is 9.47 Å². The van der Waals surface area contributed by atoms with E-state index in [0.29, 0.717) is 29.3 Å². The standard InChI is InChI=1S/C18H18N2O5/c1-4-5-11-16-12-7-15(25-3)14(24-2)6-10(12)8-19-20(16)9-13(17(11)21)18(22)23/h4,6-7,9,19H,1,5,8H2,2-3H3,(H,22,23). The van der Waals surface area contributed by atoms with Gasteiger partial charge in [-0.1, -0.05) is 6.08 Å². The molecule has 0 bridgehead atoms. The lowest BCUT2D eigenvalue weighted by Gasteiger charge is -2.27. The van der Waals surface area contributed by atoms with Crippen LogP contribution in [-0.4, -0.2) is 30.0 Å². The minimum absolute atomic E-state index is 0.255. The molecule has 0 unspecified atom stereocenters. The second-order valence-corrected chi connectivity index (χ2v) is 5.57. The summed E-state index contributed by atoms with van der Waals surface area (Å²) in [5.74, 6) is -0.134. The smallest absolute Gasteiger partial charge is 0.341 e. The summed E-state index contributed by atoms with van der Waals surface area (Å²) in [6.45, 7) is 4.13. The number of hydrogen-bond donors (Lipinski definition) is 2. The minimum Gasteiger partial charge on any atom is -0.493 e. The number of methoxy groups -OCH3 is 2. The fraction of sp³-hybridized carbons (Fsp3) is 0.222. The predicted molar refractivity (Wildman–Crippen MR) is 93.2 cm³/mol. The number of carbonyl (C=O) groups is 1. The molecule has 0 atom stereocenters. The van der Waals surface area contributed by atoms with E-state index in [1.165, 1.54) is 13.3 Å². The Hall–Kier alpha value is -3.22. The Labute approximate surface area is 144 Å². The molecular weight excluding hydrogens is 324 g/mol. The van der Waals surface area contributed by atoms with Crippen LogP contribution in [0.25, 0.3) is 11.3 Å². The number of carboxylic acid groups (broad SMARTS) is 1. The van der Waals surface area contributed by atoms with E-state index in [2.05, 4.69) is 12.0 Å². The lowest BCUT2D eigenvalue weighted by atomic mass is 9.95. The van der Waals surface area contributed by atoms with Gasteiger partial charge in [0, 0.05) is 17.3 Å². The Bertz CT molecular complexity index is 930. The molecule has 130 valence electrons. The van der Waals surface area contributed by atoms with Crippen molar-refractivity contribution in [2.24, 2.45) is 0 Å². The summed E-state index contributed by atoms with van der Waals surface area (Å²) in [7, 11) is 3.10. The molecule has 0 saturated carbocycles. The fourth-order valence-corrected chi connectivity index (χ4v) is 3.03. The first-order valence-electron chi connectivity index (χ1n) is 7.63. The Kier molecular flexibility index (Phi) is 4.22. The van der Waals surface area contributed by atoms with Crippen molar-refractivity contribution in [2.75, 3.05) is 19.6 Å². The van der Waals surface area contributed by atoms with Crippen LogP contribution in [0, 0.1) is 0 Å². The van der Waals surface area contributed by atoms with Gasteiger partial charge in [0.05, 0.1) is 26.5 Å². The number of hydrogen-bond acceptors (Lipinski definition) is 5. The molecule has 1 aliphatic rings. The number of carboxylic acids is 1. The maximum absolute atomic E-state index is 12.6. The van der Waals surface area contributed by atoms with Crippen LogP contribution in [0.5, 0.6) is 11.5 Å². The van der Waals surface area contributed by atoms with Crippen molar-refractivity contribution < 1.29 is 19.4 Å². The zero-order valence-corrected chi connectivity index (χ0v) is 14.0. The predicted octanol–water partition coefficient (Wildman–Crippen LogP) is 2.02. The number of fused-ring (bicyclic) bond motifs is 3. The summed E-state index contributed by atoms with van der Waals surface area (Å²) < 4.78 is 12.3. The maximum atomic E-state index is 12.6. The lowest BCUT2D eigenvalue weighted by molar-refractivity contribution is 0.0694. The zero-order chi connectivity index (χ0) is 18.1. The number of aromatic nitrogens is 1. The lowest BCUT2D eigenvalue weighted by Crippen LogP contribution is -2.30. The van der Waals surface area contributed by atoms with Crippen LogP contribution in [-0.2, 0) is 13.0 Å². The molecule has 0 radical (unpaired) electrons. The number of ether oxygens (including phenoxy) is 2. The van der Waals surface area contributed by atoms with E-state index in [1.54, 1.807) is 23.9 Å². The van der Waals surface area contributed by atoms with Crippen molar-refractivity contribution in [3.05, 3.63) is 57.9 Å². The van der Waals surface area contributed by atoms with Crippen LogP contribution in [0.15, 0.2) is 35.8 Å². The summed E-state index contributed by atoms with van der Waals surface area (Å²) >= 11 is 0. The summed E-state index contributed by atoms with van der Waals surface area (Å²) in [6, 6.07) is 3.64. The average molecular weight is 342 g/mol. The topological polar surface area (TPSA) is 89.8 Å². The number of rotatable bonds is 5. The first kappa shape index (κ1) is 16.6. The Morgan fingerprint density at radius 1 is 1.36 bits per heavy atom. The van der Waals surface area contributed by atoms with Crippen LogP contribution >= 0.6 is 0 Å². The highest BCUT2D eigenvalue weighted by molar-refractivity contribution is 5.88. The monoisotopic (exact) mass is 342 g/mol. The number of nitrogens with one attached hydrogen (secondary N) is 1. The molecule has 0 saturated heterocycles. The van der Waals surface area contributed by atoms with Gasteiger partial charge in [-0.2, -0.15) is 0 Å². The number of nitrogens with zero attached hydrogens (tertiary/aromatic N) is 1. The van der Waals surface area contributed by atoms with E-state index in [9.17, 15) is 14.7 Å². The Morgan fingerprint density at radius 2 is 2.04 bits per heavy atom. The summed E-state index contributed by atoms with van der Waals surface area (Å²) in [5.41, 5.74) is 5.02. The molecule has 7 nitrogen and oxygen atoms in total. The largest absolute Gasteiger partial charge is 0.493 e. The van der Waals surface area contributed by atoms with Gasteiger partial charge >= 0.3 is 5.97 Å². The van der Waals surface area contributed by atoms with Gasteiger partial charge in [-0.3, -0.25) is 9.47 Å². The van der Waals surface area contributed by atoms with E-state index in [-0.39, 0.29) is 12.0 Å². The Balaban J connectivity index is 2.35. The van der Waals surface area contributed by atoms with Gasteiger partial charge in [-0.25, -0.2) is 4.79 Å². The molecule has 25 heavy (non-hydrogen) atoms. The number of benzene rings is 1. The van der Waals surface area contributed by atoms with Gasteiger partial charge in [0.1, 0.15) is 5.56 Å². The van der Waals surface area contributed by atoms with Gasteiger partial charge in [0.25, 0.3) is 0 Å². The first-order valence-corrected chi connectivity index (χ1v) is 7.63. The molecule has 7 heteroatoms. The second-order valence-electron chi connectivity index (χ2n) is 5.57. The van der Waals surface area contributed by atoms with E-state index >= 15 is 0 Å². The number of pyridine rings is 1. The molecule has 0 amide bonds. The molecule has 1 aromatic carbocycles. The number of allylic oxidation sites excluding steroid dienone is 1. The van der Waals surface area contributed by atoms with E-state index in [0.717, 1.165) is 11.1 Å². The van der Waals surface area contributed by atoms with Crippen molar-refractivity contribution >= 4 is 5.97 Å². The van der Waals surface area contributed by atoms with Gasteiger partial charge in [-0.15, -0.1) is 6.58 Å². The Morgan fingerprint density at radius 3 is 2.64 bits per heavy atom. The first-order chi connectivity index (χ1) is 12.0. The van der Waals surface area contributed by atoms with Crippen LogP contribution < -0.4 is 20.3 Å².